The number of nitrogens with one attached hydrogen (secondary N) is 2. The molecule has 1 aromatic heterocycles. The third-order valence-electron chi connectivity index (χ3n) is 2.25. The van der Waals surface area contributed by atoms with Gasteiger partial charge in [-0.1, -0.05) is 25.6 Å². The summed E-state index contributed by atoms with van der Waals surface area (Å²) in [7, 11) is 0. The molecule has 5 nitrogen and oxygen atoms in total. The molecular formula is C13H24N4OS. The maximum absolute atomic E-state index is 5.52. The maximum atomic E-state index is 5.52. The number of anilines is 2. The molecule has 108 valence electrons. The monoisotopic (exact) mass is 284 g/mol. The van der Waals surface area contributed by atoms with Gasteiger partial charge in [-0.25, -0.2) is 9.97 Å². The Labute approximate surface area is 119 Å². The number of aromatic nitrogens is 2. The summed E-state index contributed by atoms with van der Waals surface area (Å²) >= 11 is 1.54. The normalized spacial score (nSPS) is 10.8. The summed E-state index contributed by atoms with van der Waals surface area (Å²) in [5, 5.41) is 7.23. The fourth-order valence-corrected chi connectivity index (χ4v) is 1.83. The van der Waals surface area contributed by atoms with Gasteiger partial charge in [0.15, 0.2) is 5.16 Å². The van der Waals surface area contributed by atoms with E-state index in [1.807, 2.05) is 19.2 Å². The fourth-order valence-electron chi connectivity index (χ4n) is 1.45. The number of nitrogens with zero attached hydrogens (tertiary/aromatic N) is 2. The first-order valence-corrected chi connectivity index (χ1v) is 7.86. The molecule has 0 spiro atoms. The Morgan fingerprint density at radius 1 is 1.26 bits per heavy atom. The van der Waals surface area contributed by atoms with E-state index in [-0.39, 0.29) is 0 Å². The lowest BCUT2D eigenvalue weighted by Crippen LogP contribution is -2.13. The molecule has 0 saturated carbocycles. The Morgan fingerprint density at radius 3 is 2.53 bits per heavy atom. The van der Waals surface area contributed by atoms with Crippen molar-refractivity contribution in [2.75, 3.05) is 43.2 Å². The van der Waals surface area contributed by atoms with Crippen LogP contribution in [-0.2, 0) is 4.74 Å². The lowest BCUT2D eigenvalue weighted by atomic mass is 10.2. The molecule has 1 heterocycles. The highest BCUT2D eigenvalue weighted by molar-refractivity contribution is 7.98. The summed E-state index contributed by atoms with van der Waals surface area (Å²) in [5.41, 5.74) is 0. The van der Waals surface area contributed by atoms with Crippen molar-refractivity contribution < 1.29 is 4.74 Å². The van der Waals surface area contributed by atoms with Crippen molar-refractivity contribution in [2.45, 2.75) is 25.9 Å². The third-order valence-corrected chi connectivity index (χ3v) is 2.80. The van der Waals surface area contributed by atoms with Gasteiger partial charge in [0.05, 0.1) is 6.61 Å². The molecule has 0 atom stereocenters. The van der Waals surface area contributed by atoms with Crippen LogP contribution in [0.4, 0.5) is 11.6 Å². The van der Waals surface area contributed by atoms with E-state index in [0.717, 1.165) is 36.5 Å². The number of rotatable bonds is 9. The molecule has 0 aliphatic heterocycles. The Hall–Kier alpha value is -1.01. The van der Waals surface area contributed by atoms with Crippen molar-refractivity contribution in [1.82, 2.24) is 9.97 Å². The zero-order valence-corrected chi connectivity index (χ0v) is 13.0. The highest BCUT2D eigenvalue weighted by Crippen LogP contribution is 2.16. The molecule has 0 unspecified atom stereocenters. The van der Waals surface area contributed by atoms with E-state index < -0.39 is 0 Å². The average molecular weight is 284 g/mol. The van der Waals surface area contributed by atoms with Gasteiger partial charge >= 0.3 is 0 Å². The topological polar surface area (TPSA) is 59.1 Å². The van der Waals surface area contributed by atoms with Gasteiger partial charge in [-0.05, 0) is 19.1 Å². The summed E-state index contributed by atoms with van der Waals surface area (Å²) in [4.78, 5) is 8.79. The van der Waals surface area contributed by atoms with Gasteiger partial charge in [0.1, 0.15) is 11.6 Å². The predicted molar refractivity (Wildman–Crippen MR) is 82.1 cm³/mol. The molecule has 0 aromatic carbocycles. The highest BCUT2D eigenvalue weighted by Gasteiger charge is 2.03. The second kappa shape index (κ2) is 8.98. The molecule has 0 saturated heterocycles. The van der Waals surface area contributed by atoms with E-state index in [9.17, 15) is 0 Å². The molecule has 19 heavy (non-hydrogen) atoms. The van der Waals surface area contributed by atoms with Crippen LogP contribution in [0.2, 0.25) is 0 Å². The lowest BCUT2D eigenvalue weighted by molar-refractivity contribution is 0.118. The van der Waals surface area contributed by atoms with Crippen LogP contribution in [0.3, 0.4) is 0 Å². The number of ether oxygens (including phenoxy) is 1. The van der Waals surface area contributed by atoms with Crippen molar-refractivity contribution in [1.29, 1.82) is 0 Å². The summed E-state index contributed by atoms with van der Waals surface area (Å²) in [6.45, 7) is 9.42. The first kappa shape index (κ1) is 16.0. The van der Waals surface area contributed by atoms with E-state index in [1.54, 1.807) is 0 Å². The highest BCUT2D eigenvalue weighted by atomic mass is 32.2. The molecule has 2 N–H and O–H groups in total. The van der Waals surface area contributed by atoms with Crippen LogP contribution < -0.4 is 10.6 Å². The molecule has 0 aliphatic rings. The summed E-state index contributed by atoms with van der Waals surface area (Å²) < 4.78 is 5.52. The van der Waals surface area contributed by atoms with Gasteiger partial charge in [0.2, 0.25) is 0 Å². The molecule has 1 rings (SSSR count). The summed E-state index contributed by atoms with van der Waals surface area (Å²) in [6, 6.07) is 1.92. The van der Waals surface area contributed by atoms with Crippen LogP contribution >= 0.6 is 11.8 Å². The Balaban J connectivity index is 2.45. The quantitative estimate of drug-likeness (QED) is 0.413. The zero-order valence-electron chi connectivity index (χ0n) is 12.2. The second-order valence-electron chi connectivity index (χ2n) is 4.55. The van der Waals surface area contributed by atoms with E-state index in [4.69, 9.17) is 4.74 Å². The van der Waals surface area contributed by atoms with Crippen LogP contribution in [0.25, 0.3) is 0 Å². The van der Waals surface area contributed by atoms with Crippen LogP contribution in [0, 0.1) is 5.92 Å². The summed E-state index contributed by atoms with van der Waals surface area (Å²) in [6.07, 6.45) is 1.97. The van der Waals surface area contributed by atoms with E-state index in [0.29, 0.717) is 12.5 Å². The number of thioether (sulfide) groups is 1. The minimum Gasteiger partial charge on any atom is -0.379 e. The summed E-state index contributed by atoms with van der Waals surface area (Å²) in [5.74, 6) is 2.26. The maximum Gasteiger partial charge on any atom is 0.191 e. The first-order chi connectivity index (χ1) is 9.15. The van der Waals surface area contributed by atoms with E-state index in [2.05, 4.69) is 34.4 Å². The lowest BCUT2D eigenvalue weighted by Gasteiger charge is -2.10. The SMILES string of the molecule is CCNc1cc(NCCOCC(C)C)nc(SC)n1. The first-order valence-electron chi connectivity index (χ1n) is 6.64. The Bertz CT molecular complexity index is 374. The molecule has 0 bridgehead atoms. The number of hydrogen-bond donors (Lipinski definition) is 2. The molecule has 0 aliphatic carbocycles. The van der Waals surface area contributed by atoms with Crippen LogP contribution in [0.1, 0.15) is 20.8 Å². The van der Waals surface area contributed by atoms with Crippen LogP contribution in [0.15, 0.2) is 11.2 Å². The minimum atomic E-state index is 0.572. The van der Waals surface area contributed by atoms with Crippen LogP contribution in [-0.4, -0.2) is 42.5 Å². The van der Waals surface area contributed by atoms with Gasteiger partial charge < -0.3 is 15.4 Å². The van der Waals surface area contributed by atoms with Gasteiger partial charge in [-0.2, -0.15) is 0 Å². The molecule has 0 amide bonds. The van der Waals surface area contributed by atoms with Crippen molar-refractivity contribution in [3.05, 3.63) is 6.07 Å². The standard InChI is InChI=1S/C13H24N4OS/c1-5-14-11-8-12(17-13(16-11)19-4)15-6-7-18-9-10(2)3/h8,10H,5-7,9H2,1-4H3,(H2,14,15,16,17). The second-order valence-corrected chi connectivity index (χ2v) is 5.32. The molecule has 6 heteroatoms. The van der Waals surface area contributed by atoms with E-state index >= 15 is 0 Å². The zero-order chi connectivity index (χ0) is 14.1. The van der Waals surface area contributed by atoms with Gasteiger partial charge in [0, 0.05) is 25.8 Å². The minimum absolute atomic E-state index is 0.572. The molecule has 0 fully saturated rings. The van der Waals surface area contributed by atoms with E-state index in [1.165, 1.54) is 11.8 Å². The average Bonchev–Trinajstić information content (AvgIpc) is 2.38. The van der Waals surface area contributed by atoms with Crippen molar-refractivity contribution in [2.24, 2.45) is 5.92 Å². The van der Waals surface area contributed by atoms with Crippen molar-refractivity contribution in [3.63, 3.8) is 0 Å². The largest absolute Gasteiger partial charge is 0.379 e. The smallest absolute Gasteiger partial charge is 0.191 e. The van der Waals surface area contributed by atoms with Gasteiger partial charge in [-0.3, -0.25) is 0 Å². The number of hydrogen-bond acceptors (Lipinski definition) is 6. The van der Waals surface area contributed by atoms with Crippen molar-refractivity contribution >= 4 is 23.4 Å². The van der Waals surface area contributed by atoms with Crippen molar-refractivity contribution in [3.8, 4) is 0 Å². The van der Waals surface area contributed by atoms with Gasteiger partial charge in [0.25, 0.3) is 0 Å². The van der Waals surface area contributed by atoms with Gasteiger partial charge in [-0.15, -0.1) is 0 Å². The molecular weight excluding hydrogens is 260 g/mol. The van der Waals surface area contributed by atoms with Crippen LogP contribution in [0.5, 0.6) is 0 Å². The Kier molecular flexibility index (Phi) is 7.59. The fraction of sp³-hybridized carbons (Fsp3) is 0.692. The Morgan fingerprint density at radius 2 is 1.95 bits per heavy atom. The molecule has 0 radical (unpaired) electrons. The third kappa shape index (κ3) is 6.63. The predicted octanol–water partition coefficient (Wildman–Crippen LogP) is 2.71. The molecule has 1 aromatic rings.